The molecule has 0 atom stereocenters. The Balaban J connectivity index is 1.80. The first kappa shape index (κ1) is 18.0. The van der Waals surface area contributed by atoms with Gasteiger partial charge in [0.2, 0.25) is 10.0 Å². The normalized spacial score (nSPS) is 22.6. The molecule has 1 aromatic heterocycles. The van der Waals surface area contributed by atoms with Crippen LogP contribution in [-0.4, -0.2) is 37.0 Å². The van der Waals surface area contributed by atoms with Crippen molar-refractivity contribution in [2.45, 2.75) is 42.8 Å². The molecule has 138 valence electrons. The highest BCUT2D eigenvalue weighted by Crippen LogP contribution is 2.39. The fraction of sp³-hybridized carbons (Fsp3) is 0.533. The van der Waals surface area contributed by atoms with Crippen molar-refractivity contribution in [2.24, 2.45) is 5.92 Å². The Bertz CT molecular complexity index is 924. The summed E-state index contributed by atoms with van der Waals surface area (Å²) < 4.78 is 69.7. The lowest BCUT2D eigenvalue weighted by Gasteiger charge is -2.34. The first-order valence-corrected chi connectivity index (χ1v) is 9.20. The second-order valence-electron chi connectivity index (χ2n) is 6.24. The minimum atomic E-state index is -4.24. The van der Waals surface area contributed by atoms with Crippen molar-refractivity contribution < 1.29 is 26.0 Å². The van der Waals surface area contributed by atoms with Crippen molar-refractivity contribution in [3.8, 4) is 0 Å². The third kappa shape index (κ3) is 3.45. The van der Waals surface area contributed by atoms with E-state index in [4.69, 9.17) is 4.42 Å². The van der Waals surface area contributed by atoms with Gasteiger partial charge in [0.1, 0.15) is 0 Å². The van der Waals surface area contributed by atoms with E-state index in [0.29, 0.717) is 5.52 Å². The molecule has 0 saturated heterocycles. The molecule has 0 aliphatic heterocycles. The molecule has 0 unspecified atom stereocenters. The molecule has 1 N–H and O–H groups in total. The Morgan fingerprint density at radius 2 is 1.84 bits per heavy atom. The summed E-state index contributed by atoms with van der Waals surface area (Å²) in [5, 5.41) is 0. The maximum Gasteiger partial charge on any atom is 0.417 e. The number of nitrogens with one attached hydrogen (secondary N) is 1. The van der Waals surface area contributed by atoms with Gasteiger partial charge in [-0.25, -0.2) is 13.2 Å². The number of benzene rings is 1. The molecule has 1 fully saturated rings. The van der Waals surface area contributed by atoms with Crippen LogP contribution in [0.2, 0.25) is 0 Å². The summed E-state index contributed by atoms with van der Waals surface area (Å²) >= 11 is 0. The van der Waals surface area contributed by atoms with Crippen LogP contribution in [0.1, 0.15) is 25.7 Å². The third-order valence-corrected chi connectivity index (χ3v) is 6.65. The number of hydrogen-bond acceptors (Lipinski definition) is 4. The summed E-state index contributed by atoms with van der Waals surface area (Å²) in [6.45, 7) is 0. The first-order valence-electron chi connectivity index (χ1n) is 7.76. The number of hydrogen-bond donors (Lipinski definition) is 1. The van der Waals surface area contributed by atoms with E-state index in [2.05, 4.69) is 4.98 Å². The van der Waals surface area contributed by atoms with Crippen molar-refractivity contribution in [2.75, 3.05) is 7.05 Å². The highest BCUT2D eigenvalue weighted by molar-refractivity contribution is 7.89. The number of fused-ring (bicyclic) bond motifs is 1. The predicted octanol–water partition coefficient (Wildman–Crippen LogP) is 2.86. The van der Waals surface area contributed by atoms with Gasteiger partial charge in [0.25, 0.3) is 0 Å². The van der Waals surface area contributed by atoms with E-state index in [1.54, 1.807) is 0 Å². The minimum absolute atomic E-state index is 0.0665. The number of halogens is 3. The monoisotopic (exact) mass is 378 g/mol. The quantitative estimate of drug-likeness (QED) is 0.890. The highest BCUT2D eigenvalue weighted by Gasteiger charge is 2.43. The molecular weight excluding hydrogens is 361 g/mol. The van der Waals surface area contributed by atoms with Gasteiger partial charge in [-0.3, -0.25) is 4.98 Å². The maximum atomic E-state index is 12.7. The molecule has 3 rings (SSSR count). The minimum Gasteiger partial charge on any atom is -0.408 e. The average molecular weight is 378 g/mol. The second kappa shape index (κ2) is 6.17. The molecule has 1 aliphatic carbocycles. The van der Waals surface area contributed by atoms with E-state index in [1.165, 1.54) is 25.2 Å². The lowest BCUT2D eigenvalue weighted by Crippen LogP contribution is -2.41. The van der Waals surface area contributed by atoms with E-state index in [0.717, 1.165) is 4.31 Å². The Kier molecular flexibility index (Phi) is 4.44. The number of nitrogens with zero attached hydrogens (tertiary/aromatic N) is 1. The molecule has 6 nitrogen and oxygen atoms in total. The number of aromatic amines is 1. The van der Waals surface area contributed by atoms with Gasteiger partial charge in [0.15, 0.2) is 5.58 Å². The van der Waals surface area contributed by atoms with E-state index < -0.39 is 33.9 Å². The lowest BCUT2D eigenvalue weighted by molar-refractivity contribution is -0.183. The van der Waals surface area contributed by atoms with Crippen LogP contribution in [0.25, 0.3) is 11.1 Å². The van der Waals surface area contributed by atoms with Gasteiger partial charge < -0.3 is 4.42 Å². The molecule has 0 spiro atoms. The summed E-state index contributed by atoms with van der Waals surface area (Å²) in [5.41, 5.74) is 0.484. The third-order valence-electron chi connectivity index (χ3n) is 4.74. The van der Waals surface area contributed by atoms with Crippen LogP contribution in [0.15, 0.2) is 32.3 Å². The van der Waals surface area contributed by atoms with Crippen LogP contribution in [0, 0.1) is 5.92 Å². The summed E-state index contributed by atoms with van der Waals surface area (Å²) in [5.74, 6) is -2.06. The van der Waals surface area contributed by atoms with E-state index in [9.17, 15) is 26.4 Å². The summed E-state index contributed by atoms with van der Waals surface area (Å²) in [6, 6.07) is 3.50. The van der Waals surface area contributed by atoms with Crippen LogP contribution in [0.4, 0.5) is 13.2 Å². The number of alkyl halides is 3. The number of rotatable bonds is 3. The van der Waals surface area contributed by atoms with Crippen molar-refractivity contribution in [3.63, 3.8) is 0 Å². The van der Waals surface area contributed by atoms with E-state index in [-0.39, 0.29) is 36.2 Å². The zero-order valence-electron chi connectivity index (χ0n) is 13.3. The summed E-state index contributed by atoms with van der Waals surface area (Å²) in [4.78, 5) is 13.5. The lowest BCUT2D eigenvalue weighted by atomic mass is 9.86. The zero-order valence-corrected chi connectivity index (χ0v) is 14.2. The average Bonchev–Trinajstić information content (AvgIpc) is 2.92. The molecule has 0 amide bonds. The molecule has 1 heterocycles. The molecule has 1 aromatic carbocycles. The zero-order chi connectivity index (χ0) is 18.4. The number of H-pyrrole nitrogens is 1. The smallest absolute Gasteiger partial charge is 0.408 e. The standard InChI is InChI=1S/C15H17F3N2O4S/c1-20(10-4-2-9(3-5-10)15(16,17)18)25(22,23)11-6-7-12-13(8-11)24-14(21)19-12/h6-10H,2-5H2,1H3,(H,19,21). The number of sulfonamides is 1. The van der Waals surface area contributed by atoms with Crippen LogP contribution in [0.5, 0.6) is 0 Å². The summed E-state index contributed by atoms with van der Waals surface area (Å²) in [7, 11) is -2.53. The van der Waals surface area contributed by atoms with Gasteiger partial charge in [-0.15, -0.1) is 0 Å². The maximum absolute atomic E-state index is 12.7. The molecular formula is C15H17F3N2O4S. The van der Waals surface area contributed by atoms with Crippen molar-refractivity contribution in [1.29, 1.82) is 0 Å². The topological polar surface area (TPSA) is 83.4 Å². The van der Waals surface area contributed by atoms with Crippen LogP contribution < -0.4 is 5.76 Å². The van der Waals surface area contributed by atoms with E-state index in [1.807, 2.05) is 0 Å². The molecule has 10 heteroatoms. The van der Waals surface area contributed by atoms with Gasteiger partial charge in [-0.05, 0) is 37.8 Å². The highest BCUT2D eigenvalue weighted by atomic mass is 32.2. The van der Waals surface area contributed by atoms with Crippen molar-refractivity contribution >= 4 is 21.1 Å². The van der Waals surface area contributed by atoms with Gasteiger partial charge in [0, 0.05) is 19.2 Å². The molecule has 1 saturated carbocycles. The summed E-state index contributed by atoms with van der Waals surface area (Å²) in [6.07, 6.45) is -4.10. The molecule has 2 aromatic rings. The van der Waals surface area contributed by atoms with Crippen LogP contribution in [-0.2, 0) is 10.0 Å². The number of aromatic nitrogens is 1. The van der Waals surface area contributed by atoms with Gasteiger partial charge >= 0.3 is 11.9 Å². The van der Waals surface area contributed by atoms with Crippen LogP contribution >= 0.6 is 0 Å². The van der Waals surface area contributed by atoms with Gasteiger partial charge in [0.05, 0.1) is 16.3 Å². The van der Waals surface area contributed by atoms with Crippen molar-refractivity contribution in [1.82, 2.24) is 9.29 Å². The van der Waals surface area contributed by atoms with Crippen LogP contribution in [0.3, 0.4) is 0 Å². The fourth-order valence-corrected chi connectivity index (χ4v) is 4.65. The fourth-order valence-electron chi connectivity index (χ4n) is 3.22. The molecule has 1 aliphatic rings. The van der Waals surface area contributed by atoms with Crippen molar-refractivity contribution in [3.05, 3.63) is 28.7 Å². The second-order valence-corrected chi connectivity index (χ2v) is 8.24. The van der Waals surface area contributed by atoms with Gasteiger partial charge in [-0.1, -0.05) is 0 Å². The number of oxazole rings is 1. The molecule has 0 radical (unpaired) electrons. The molecule has 25 heavy (non-hydrogen) atoms. The first-order chi connectivity index (χ1) is 11.6. The Hall–Kier alpha value is -1.81. The Morgan fingerprint density at radius 3 is 2.44 bits per heavy atom. The molecule has 0 bridgehead atoms. The predicted molar refractivity (Wildman–Crippen MR) is 83.6 cm³/mol. The largest absolute Gasteiger partial charge is 0.417 e. The van der Waals surface area contributed by atoms with E-state index >= 15 is 0 Å². The van der Waals surface area contributed by atoms with Gasteiger partial charge in [-0.2, -0.15) is 17.5 Å². The Labute approximate surface area is 141 Å². The SMILES string of the molecule is CN(C1CCC(C(F)(F)F)CC1)S(=O)(=O)c1ccc2[nH]c(=O)oc2c1. The Morgan fingerprint density at radius 1 is 1.20 bits per heavy atom.